The van der Waals surface area contributed by atoms with Gasteiger partial charge in [0.05, 0.1) is 10.2 Å². The fraction of sp³-hybridized carbons (Fsp3) is 0.0667. The van der Waals surface area contributed by atoms with Crippen LogP contribution in [0.5, 0.6) is 5.75 Å². The number of pyridine rings is 1. The molecule has 0 radical (unpaired) electrons. The molecule has 0 fully saturated rings. The molecule has 2 heterocycles. The van der Waals surface area contributed by atoms with Gasteiger partial charge in [-0.3, -0.25) is 9.59 Å². The highest BCUT2D eigenvalue weighted by atomic mass is 79.9. The lowest BCUT2D eigenvalue weighted by atomic mass is 10.2. The molecule has 112 valence electrons. The van der Waals surface area contributed by atoms with Crippen LogP contribution in [0, 0.1) is 0 Å². The molecular formula is C15H11BrN2O3S. The van der Waals surface area contributed by atoms with E-state index in [2.05, 4.69) is 21.2 Å². The number of hydrogen-bond acceptors (Lipinski definition) is 4. The summed E-state index contributed by atoms with van der Waals surface area (Å²) in [5.41, 5.74) is 0.368. The molecule has 1 amide bonds. The normalized spacial score (nSPS) is 10.8. The minimum atomic E-state index is -0.629. The van der Waals surface area contributed by atoms with E-state index in [1.54, 1.807) is 42.8 Å². The number of aryl methyl sites for hydroxylation is 1. The summed E-state index contributed by atoms with van der Waals surface area (Å²) in [6.45, 7) is 0. The Hall–Kier alpha value is -2.12. The lowest BCUT2D eigenvalue weighted by Gasteiger charge is -2.09. The van der Waals surface area contributed by atoms with Crippen molar-refractivity contribution in [1.82, 2.24) is 4.57 Å². The summed E-state index contributed by atoms with van der Waals surface area (Å²) < 4.78 is 2.76. The van der Waals surface area contributed by atoms with Gasteiger partial charge in [-0.1, -0.05) is 15.9 Å². The molecule has 0 saturated carbocycles. The molecule has 0 aliphatic heterocycles. The van der Waals surface area contributed by atoms with E-state index < -0.39 is 11.5 Å². The first-order valence-corrected chi connectivity index (χ1v) is 8.02. The summed E-state index contributed by atoms with van der Waals surface area (Å²) in [7, 11) is 1.58. The SMILES string of the molecule is Cn1c(=O)c(C(=O)Nc2ccc(Br)cc2)c(O)c2sccc21. The number of amides is 1. The lowest BCUT2D eigenvalue weighted by molar-refractivity contribution is 0.102. The number of anilines is 1. The minimum Gasteiger partial charge on any atom is -0.505 e. The van der Waals surface area contributed by atoms with Crippen molar-refractivity contribution in [2.75, 3.05) is 5.32 Å². The zero-order valence-corrected chi connectivity index (χ0v) is 13.9. The molecule has 5 nitrogen and oxygen atoms in total. The van der Waals surface area contributed by atoms with Crippen LogP contribution in [0.4, 0.5) is 5.69 Å². The highest BCUT2D eigenvalue weighted by Gasteiger charge is 2.21. The van der Waals surface area contributed by atoms with Crippen LogP contribution >= 0.6 is 27.3 Å². The second-order valence-corrected chi connectivity index (χ2v) is 6.52. The second-order valence-electron chi connectivity index (χ2n) is 4.68. The number of thiophene rings is 1. The van der Waals surface area contributed by atoms with Crippen molar-refractivity contribution in [2.24, 2.45) is 7.05 Å². The molecule has 0 atom stereocenters. The van der Waals surface area contributed by atoms with E-state index in [0.29, 0.717) is 15.9 Å². The molecular weight excluding hydrogens is 368 g/mol. The summed E-state index contributed by atoms with van der Waals surface area (Å²) in [4.78, 5) is 24.7. The first kappa shape index (κ1) is 14.8. The van der Waals surface area contributed by atoms with Crippen LogP contribution in [-0.4, -0.2) is 15.6 Å². The topological polar surface area (TPSA) is 71.3 Å². The first-order chi connectivity index (χ1) is 10.5. The predicted octanol–water partition coefficient (Wildman–Crippen LogP) is 3.32. The molecule has 7 heteroatoms. The zero-order valence-electron chi connectivity index (χ0n) is 11.5. The molecule has 0 bridgehead atoms. The number of fused-ring (bicyclic) bond motifs is 1. The average molecular weight is 379 g/mol. The fourth-order valence-electron chi connectivity index (χ4n) is 2.17. The van der Waals surface area contributed by atoms with Gasteiger partial charge >= 0.3 is 0 Å². The maximum Gasteiger partial charge on any atom is 0.267 e. The van der Waals surface area contributed by atoms with Crippen molar-refractivity contribution in [3.05, 3.63) is 56.1 Å². The fourth-order valence-corrected chi connectivity index (χ4v) is 3.30. The maximum absolute atomic E-state index is 12.4. The van der Waals surface area contributed by atoms with Gasteiger partial charge < -0.3 is 15.0 Å². The number of rotatable bonds is 2. The summed E-state index contributed by atoms with van der Waals surface area (Å²) in [5, 5.41) is 14.7. The van der Waals surface area contributed by atoms with E-state index >= 15 is 0 Å². The Morgan fingerprint density at radius 3 is 2.64 bits per heavy atom. The number of nitrogens with one attached hydrogen (secondary N) is 1. The van der Waals surface area contributed by atoms with Crippen molar-refractivity contribution in [2.45, 2.75) is 0 Å². The van der Waals surface area contributed by atoms with E-state index in [4.69, 9.17) is 0 Å². The van der Waals surface area contributed by atoms with Crippen molar-refractivity contribution in [3.63, 3.8) is 0 Å². The van der Waals surface area contributed by atoms with Crippen molar-refractivity contribution in [1.29, 1.82) is 0 Å². The minimum absolute atomic E-state index is 0.250. The molecule has 3 rings (SSSR count). The number of aromatic nitrogens is 1. The van der Waals surface area contributed by atoms with E-state index in [-0.39, 0.29) is 11.3 Å². The van der Waals surface area contributed by atoms with Crippen LogP contribution in [0.15, 0.2) is 45.0 Å². The number of carbonyl (C=O) groups excluding carboxylic acids is 1. The average Bonchev–Trinajstić information content (AvgIpc) is 2.97. The zero-order chi connectivity index (χ0) is 15.9. The van der Waals surface area contributed by atoms with Crippen LogP contribution in [-0.2, 0) is 7.05 Å². The summed E-state index contributed by atoms with van der Waals surface area (Å²) >= 11 is 4.59. The quantitative estimate of drug-likeness (QED) is 0.718. The summed E-state index contributed by atoms with van der Waals surface area (Å²) in [6, 6.07) is 8.68. The largest absolute Gasteiger partial charge is 0.505 e. The number of nitrogens with zero attached hydrogens (tertiary/aromatic N) is 1. The van der Waals surface area contributed by atoms with Gasteiger partial charge in [-0.2, -0.15) is 0 Å². The predicted molar refractivity (Wildman–Crippen MR) is 90.8 cm³/mol. The van der Waals surface area contributed by atoms with Gasteiger partial charge in [0.25, 0.3) is 11.5 Å². The Labute approximate surface area is 138 Å². The number of benzene rings is 1. The molecule has 0 aliphatic carbocycles. The lowest BCUT2D eigenvalue weighted by Crippen LogP contribution is -2.27. The van der Waals surface area contributed by atoms with Crippen LogP contribution < -0.4 is 10.9 Å². The third-order valence-corrected chi connectivity index (χ3v) is 4.74. The van der Waals surface area contributed by atoms with Gasteiger partial charge in [-0.25, -0.2) is 0 Å². The highest BCUT2D eigenvalue weighted by Crippen LogP contribution is 2.31. The van der Waals surface area contributed by atoms with E-state index in [1.807, 2.05) is 0 Å². The summed E-state index contributed by atoms with van der Waals surface area (Å²) in [6.07, 6.45) is 0. The van der Waals surface area contributed by atoms with E-state index in [9.17, 15) is 14.7 Å². The van der Waals surface area contributed by atoms with Gasteiger partial charge in [0.2, 0.25) is 0 Å². The number of aromatic hydroxyl groups is 1. The van der Waals surface area contributed by atoms with Crippen molar-refractivity contribution < 1.29 is 9.90 Å². The monoisotopic (exact) mass is 378 g/mol. The molecule has 0 saturated heterocycles. The Kier molecular flexibility index (Phi) is 3.76. The van der Waals surface area contributed by atoms with Crippen LogP contribution in [0.3, 0.4) is 0 Å². The van der Waals surface area contributed by atoms with Gasteiger partial charge in [-0.15, -0.1) is 11.3 Å². The second kappa shape index (κ2) is 5.58. The molecule has 3 aromatic rings. The Bertz CT molecular complexity index is 928. The summed E-state index contributed by atoms with van der Waals surface area (Å²) in [5.74, 6) is -0.904. The van der Waals surface area contributed by atoms with Crippen molar-refractivity contribution >= 4 is 49.1 Å². The Balaban J connectivity index is 2.07. The van der Waals surface area contributed by atoms with Gasteiger partial charge in [0, 0.05) is 17.2 Å². The maximum atomic E-state index is 12.4. The van der Waals surface area contributed by atoms with Crippen LogP contribution in [0.1, 0.15) is 10.4 Å². The smallest absolute Gasteiger partial charge is 0.267 e. The number of hydrogen-bond donors (Lipinski definition) is 2. The van der Waals surface area contributed by atoms with Crippen LogP contribution in [0.25, 0.3) is 10.2 Å². The van der Waals surface area contributed by atoms with E-state index in [1.165, 1.54) is 15.9 Å². The molecule has 2 N–H and O–H groups in total. The molecule has 2 aromatic heterocycles. The third kappa shape index (κ3) is 2.42. The third-order valence-electron chi connectivity index (χ3n) is 3.31. The molecule has 22 heavy (non-hydrogen) atoms. The molecule has 0 unspecified atom stereocenters. The number of carbonyl (C=O) groups is 1. The van der Waals surface area contributed by atoms with Gasteiger partial charge in [0.1, 0.15) is 5.56 Å². The van der Waals surface area contributed by atoms with Crippen LogP contribution in [0.2, 0.25) is 0 Å². The Morgan fingerprint density at radius 1 is 1.27 bits per heavy atom. The highest BCUT2D eigenvalue weighted by molar-refractivity contribution is 9.10. The Morgan fingerprint density at radius 2 is 1.95 bits per heavy atom. The van der Waals surface area contributed by atoms with Gasteiger partial charge in [0.15, 0.2) is 5.75 Å². The first-order valence-electron chi connectivity index (χ1n) is 6.35. The molecule has 1 aromatic carbocycles. The van der Waals surface area contributed by atoms with Gasteiger partial charge in [-0.05, 0) is 35.7 Å². The molecule has 0 spiro atoms. The van der Waals surface area contributed by atoms with Crippen molar-refractivity contribution in [3.8, 4) is 5.75 Å². The van der Waals surface area contributed by atoms with E-state index in [0.717, 1.165) is 4.47 Å². The number of halogens is 1. The molecule has 0 aliphatic rings. The standard InChI is InChI=1S/C15H11BrN2O3S/c1-18-10-6-7-22-13(10)12(19)11(15(18)21)14(20)17-9-4-2-8(16)3-5-9/h2-7,19H,1H3,(H,17,20).